The molecule has 0 aromatic carbocycles. The number of hydrogen-bond donors (Lipinski definition) is 2. The summed E-state index contributed by atoms with van der Waals surface area (Å²) in [5, 5.41) is 7.33. The van der Waals surface area contributed by atoms with E-state index in [1.807, 2.05) is 6.20 Å². The van der Waals surface area contributed by atoms with Crippen molar-refractivity contribution in [3.8, 4) is 11.4 Å². The number of rotatable bonds is 5. The number of aromatic nitrogens is 5. The van der Waals surface area contributed by atoms with E-state index in [9.17, 15) is 8.78 Å². The van der Waals surface area contributed by atoms with Crippen molar-refractivity contribution in [2.45, 2.75) is 38.1 Å². The van der Waals surface area contributed by atoms with Crippen LogP contribution in [-0.2, 0) is 0 Å². The molecule has 0 bridgehead atoms. The van der Waals surface area contributed by atoms with Crippen LogP contribution in [0.4, 0.5) is 26.2 Å². The van der Waals surface area contributed by atoms with E-state index in [0.717, 1.165) is 61.3 Å². The lowest BCUT2D eigenvalue weighted by Crippen LogP contribution is -2.49. The minimum atomic E-state index is -0.780. The summed E-state index contributed by atoms with van der Waals surface area (Å²) < 4.78 is 27.7. The first-order chi connectivity index (χ1) is 17.5. The van der Waals surface area contributed by atoms with Gasteiger partial charge in [-0.1, -0.05) is 6.42 Å². The van der Waals surface area contributed by atoms with Crippen molar-refractivity contribution in [3.05, 3.63) is 60.2 Å². The summed E-state index contributed by atoms with van der Waals surface area (Å²) in [6.45, 7) is 4.73. The van der Waals surface area contributed by atoms with E-state index in [1.54, 1.807) is 24.5 Å². The zero-order chi connectivity index (χ0) is 24.6. The van der Waals surface area contributed by atoms with Gasteiger partial charge in [-0.3, -0.25) is 4.98 Å². The van der Waals surface area contributed by atoms with E-state index in [2.05, 4.69) is 37.4 Å². The van der Waals surface area contributed by atoms with Crippen LogP contribution in [0.2, 0.25) is 0 Å². The van der Waals surface area contributed by atoms with Crippen molar-refractivity contribution in [2.24, 2.45) is 0 Å². The summed E-state index contributed by atoms with van der Waals surface area (Å²) in [6.07, 6.45) is 8.89. The molecule has 1 saturated carbocycles. The van der Waals surface area contributed by atoms with Gasteiger partial charge in [0.2, 0.25) is 5.95 Å². The van der Waals surface area contributed by atoms with Gasteiger partial charge in [-0.2, -0.15) is 9.37 Å². The molecule has 10 heteroatoms. The largest absolute Gasteiger partial charge is 0.353 e. The van der Waals surface area contributed by atoms with E-state index < -0.39 is 11.8 Å². The van der Waals surface area contributed by atoms with Crippen LogP contribution in [0.3, 0.4) is 0 Å². The summed E-state index contributed by atoms with van der Waals surface area (Å²) in [5.41, 5.74) is 2.72. The minimum absolute atomic E-state index is 0.232. The summed E-state index contributed by atoms with van der Waals surface area (Å²) in [4.78, 5) is 24.6. The molecule has 0 radical (unpaired) electrons. The maximum atomic E-state index is 14.1. The van der Waals surface area contributed by atoms with Crippen LogP contribution >= 0.6 is 0 Å². The number of hydrogen-bond acceptors (Lipinski definition) is 8. The smallest absolute Gasteiger partial charge is 0.214 e. The molecule has 2 N–H and O–H groups in total. The van der Waals surface area contributed by atoms with Crippen LogP contribution in [-0.4, -0.2) is 50.6 Å². The number of nitrogens with one attached hydrogen (secondary N) is 2. The fourth-order valence-corrected chi connectivity index (χ4v) is 4.87. The van der Waals surface area contributed by atoms with Crippen molar-refractivity contribution in [3.63, 3.8) is 0 Å². The lowest BCUT2D eigenvalue weighted by Gasteiger charge is -2.35. The molecule has 2 fully saturated rings. The molecule has 4 aromatic heterocycles. The Bertz CT molecular complexity index is 1420. The van der Waals surface area contributed by atoms with Crippen LogP contribution in [0.5, 0.6) is 0 Å². The Morgan fingerprint density at radius 3 is 2.78 bits per heavy atom. The molecule has 1 saturated heterocycles. The zero-order valence-electron chi connectivity index (χ0n) is 19.9. The average molecular weight is 489 g/mol. The van der Waals surface area contributed by atoms with E-state index in [0.29, 0.717) is 29.2 Å². The Kier molecular flexibility index (Phi) is 5.88. The Morgan fingerprint density at radius 2 is 1.97 bits per heavy atom. The van der Waals surface area contributed by atoms with Gasteiger partial charge in [-0.05, 0) is 55.5 Å². The van der Waals surface area contributed by atoms with Gasteiger partial charge in [0.15, 0.2) is 17.5 Å². The van der Waals surface area contributed by atoms with E-state index >= 15 is 0 Å². The molecule has 1 unspecified atom stereocenters. The van der Waals surface area contributed by atoms with Crippen molar-refractivity contribution < 1.29 is 8.78 Å². The molecule has 0 amide bonds. The van der Waals surface area contributed by atoms with Gasteiger partial charge in [0.1, 0.15) is 11.6 Å². The Morgan fingerprint density at radius 1 is 1.08 bits per heavy atom. The average Bonchev–Trinajstić information content (AvgIpc) is 2.85. The quantitative estimate of drug-likeness (QED) is 0.395. The second-order valence-electron chi connectivity index (χ2n) is 9.44. The van der Waals surface area contributed by atoms with Crippen LogP contribution in [0, 0.1) is 11.8 Å². The highest BCUT2D eigenvalue weighted by Gasteiger charge is 2.27. The van der Waals surface area contributed by atoms with Gasteiger partial charge < -0.3 is 15.5 Å². The molecular weight excluding hydrogens is 462 g/mol. The first-order valence-electron chi connectivity index (χ1n) is 12.2. The zero-order valence-corrected chi connectivity index (χ0v) is 19.9. The van der Waals surface area contributed by atoms with Gasteiger partial charge in [-0.25, -0.2) is 19.3 Å². The van der Waals surface area contributed by atoms with Gasteiger partial charge in [0.25, 0.3) is 0 Å². The van der Waals surface area contributed by atoms with Crippen molar-refractivity contribution >= 4 is 28.4 Å². The Hall–Kier alpha value is -3.79. The predicted molar refractivity (Wildman–Crippen MR) is 134 cm³/mol. The van der Waals surface area contributed by atoms with Crippen molar-refractivity contribution in [1.29, 1.82) is 0 Å². The molecular formula is C26H26F2N8. The molecule has 6 rings (SSSR count). The predicted octanol–water partition coefficient (Wildman–Crippen LogP) is 4.57. The number of pyridine rings is 3. The fraction of sp³-hybridized carbons (Fsp3) is 0.346. The molecule has 184 valence electrons. The minimum Gasteiger partial charge on any atom is -0.353 e. The fourth-order valence-electron chi connectivity index (χ4n) is 4.87. The Labute approximate surface area is 207 Å². The number of piperazine rings is 1. The number of nitrogens with zero attached hydrogens (tertiary/aromatic N) is 6. The first-order valence-corrected chi connectivity index (χ1v) is 12.2. The highest BCUT2D eigenvalue weighted by atomic mass is 19.1. The molecule has 8 nitrogen and oxygen atoms in total. The highest BCUT2D eigenvalue weighted by molar-refractivity contribution is 5.94. The SMILES string of the molecule is CC1CN(c2nc(-c3ccnc(Nc4nc(F)ccc4F)c3)nc3cncc(C4CCC4)c23)CCN1. The second kappa shape index (κ2) is 9.34. The van der Waals surface area contributed by atoms with E-state index in [-0.39, 0.29) is 5.82 Å². The molecule has 1 atom stereocenters. The van der Waals surface area contributed by atoms with Crippen molar-refractivity contribution in [2.75, 3.05) is 29.9 Å². The summed E-state index contributed by atoms with van der Waals surface area (Å²) in [6, 6.07) is 5.84. The third-order valence-corrected chi connectivity index (χ3v) is 6.91. The summed E-state index contributed by atoms with van der Waals surface area (Å²) in [7, 11) is 0. The first kappa shape index (κ1) is 22.7. The van der Waals surface area contributed by atoms with Crippen LogP contribution in [0.25, 0.3) is 22.3 Å². The van der Waals surface area contributed by atoms with Crippen LogP contribution < -0.4 is 15.5 Å². The maximum absolute atomic E-state index is 14.1. The van der Waals surface area contributed by atoms with Gasteiger partial charge in [0.05, 0.1) is 11.7 Å². The summed E-state index contributed by atoms with van der Waals surface area (Å²) in [5.74, 6) is 0.551. The number of fused-ring (bicyclic) bond motifs is 1. The van der Waals surface area contributed by atoms with E-state index in [1.165, 1.54) is 12.0 Å². The standard InChI is InChI=1S/C26H26F2N8/c1-15-14-36(10-9-30-15)26-23-18(16-3-2-4-16)12-29-13-20(23)32-24(35-26)17-7-8-31-22(11-17)34-25-19(27)5-6-21(28)33-25/h5-8,11-13,15-16,30H,2-4,9-10,14H2,1H3,(H,31,33,34). The molecule has 0 spiro atoms. The summed E-state index contributed by atoms with van der Waals surface area (Å²) >= 11 is 0. The molecule has 2 aliphatic rings. The van der Waals surface area contributed by atoms with E-state index in [4.69, 9.17) is 9.97 Å². The third-order valence-electron chi connectivity index (χ3n) is 6.91. The van der Waals surface area contributed by atoms with Crippen molar-refractivity contribution in [1.82, 2.24) is 30.2 Å². The highest BCUT2D eigenvalue weighted by Crippen LogP contribution is 2.42. The molecule has 4 aromatic rings. The second-order valence-corrected chi connectivity index (χ2v) is 9.44. The molecule has 5 heterocycles. The molecule has 36 heavy (non-hydrogen) atoms. The number of anilines is 3. The number of halogens is 2. The normalized spacial score (nSPS) is 18.3. The lowest BCUT2D eigenvalue weighted by atomic mass is 9.79. The molecule has 1 aliphatic carbocycles. The van der Waals surface area contributed by atoms with Gasteiger partial charge >= 0.3 is 0 Å². The maximum Gasteiger partial charge on any atom is 0.214 e. The lowest BCUT2D eigenvalue weighted by molar-refractivity contribution is 0.421. The van der Waals surface area contributed by atoms with Crippen LogP contribution in [0.15, 0.2) is 42.9 Å². The monoisotopic (exact) mass is 488 g/mol. The Balaban J connectivity index is 1.44. The van der Waals surface area contributed by atoms with Gasteiger partial charge in [-0.15, -0.1) is 0 Å². The third kappa shape index (κ3) is 4.32. The van der Waals surface area contributed by atoms with Gasteiger partial charge in [0, 0.05) is 49.0 Å². The molecule has 1 aliphatic heterocycles. The topological polar surface area (TPSA) is 91.8 Å². The van der Waals surface area contributed by atoms with Crippen LogP contribution in [0.1, 0.15) is 37.7 Å².